The molecule has 0 atom stereocenters. The van der Waals surface area contributed by atoms with E-state index in [1.807, 2.05) is 32.0 Å². The highest BCUT2D eigenvalue weighted by molar-refractivity contribution is 5.85. The number of H-pyrrole nitrogens is 1. The van der Waals surface area contributed by atoms with Crippen molar-refractivity contribution in [1.29, 1.82) is 0 Å². The first kappa shape index (κ1) is 16.7. The molecule has 0 unspecified atom stereocenters. The number of nitro groups is 1. The molecule has 0 aliphatic heterocycles. The van der Waals surface area contributed by atoms with Crippen LogP contribution in [-0.4, -0.2) is 9.91 Å². The molecule has 128 valence electrons. The van der Waals surface area contributed by atoms with Gasteiger partial charge in [-0.3, -0.25) is 14.9 Å². The van der Waals surface area contributed by atoms with Crippen LogP contribution in [0.3, 0.4) is 0 Å². The van der Waals surface area contributed by atoms with Crippen LogP contribution in [0, 0.1) is 30.9 Å². The summed E-state index contributed by atoms with van der Waals surface area (Å²) in [6, 6.07) is 10.6. The first-order valence-corrected chi connectivity index (χ1v) is 7.98. The van der Waals surface area contributed by atoms with Crippen molar-refractivity contribution in [3.05, 3.63) is 79.1 Å². The summed E-state index contributed by atoms with van der Waals surface area (Å²) in [6.45, 7) is 6.12. The zero-order valence-corrected chi connectivity index (χ0v) is 14.3. The van der Waals surface area contributed by atoms with Gasteiger partial charge in [-0.05, 0) is 49.6 Å². The molecule has 3 rings (SSSR count). The molecule has 1 heterocycles. The zero-order valence-electron chi connectivity index (χ0n) is 14.3. The van der Waals surface area contributed by atoms with Crippen LogP contribution < -0.4 is 10.9 Å². The quantitative estimate of drug-likeness (QED) is 0.557. The summed E-state index contributed by atoms with van der Waals surface area (Å²) in [5, 5.41) is 15.0. The number of fused-ring (bicyclic) bond motifs is 1. The molecule has 6 nitrogen and oxygen atoms in total. The fourth-order valence-corrected chi connectivity index (χ4v) is 2.90. The summed E-state index contributed by atoms with van der Waals surface area (Å²) in [7, 11) is 0. The van der Waals surface area contributed by atoms with E-state index >= 15 is 0 Å². The number of nitrogens with one attached hydrogen (secondary N) is 2. The van der Waals surface area contributed by atoms with Gasteiger partial charge in [-0.25, -0.2) is 0 Å². The Bertz CT molecular complexity index is 1040. The van der Waals surface area contributed by atoms with Crippen molar-refractivity contribution in [2.45, 2.75) is 27.3 Å². The summed E-state index contributed by atoms with van der Waals surface area (Å²) in [5.74, 6) is 0. The van der Waals surface area contributed by atoms with Crippen molar-refractivity contribution in [2.75, 3.05) is 5.32 Å². The number of aromatic nitrogens is 1. The average molecular weight is 337 g/mol. The largest absolute Gasteiger partial charge is 0.381 e. The van der Waals surface area contributed by atoms with Gasteiger partial charge in [0.15, 0.2) is 0 Å². The van der Waals surface area contributed by atoms with Gasteiger partial charge in [-0.15, -0.1) is 0 Å². The predicted molar refractivity (Wildman–Crippen MR) is 99.2 cm³/mol. The number of anilines is 1. The Morgan fingerprint density at radius 2 is 1.76 bits per heavy atom. The molecule has 0 amide bonds. The van der Waals surface area contributed by atoms with Gasteiger partial charge in [-0.2, -0.15) is 0 Å². The molecule has 3 aromatic rings. The van der Waals surface area contributed by atoms with Gasteiger partial charge in [0.05, 0.1) is 10.4 Å². The molecular formula is C19H19N3O3. The fourth-order valence-electron chi connectivity index (χ4n) is 2.90. The van der Waals surface area contributed by atoms with Gasteiger partial charge in [0.25, 0.3) is 11.2 Å². The molecule has 0 bridgehead atoms. The topological polar surface area (TPSA) is 88.0 Å². The number of hydrogen-bond acceptors (Lipinski definition) is 4. The second kappa shape index (κ2) is 6.39. The third-order valence-electron chi connectivity index (χ3n) is 4.41. The van der Waals surface area contributed by atoms with E-state index in [0.29, 0.717) is 12.1 Å². The summed E-state index contributed by atoms with van der Waals surface area (Å²) >= 11 is 0. The lowest BCUT2D eigenvalue weighted by Gasteiger charge is -2.11. The Kier molecular flexibility index (Phi) is 4.27. The van der Waals surface area contributed by atoms with Crippen molar-refractivity contribution < 1.29 is 4.92 Å². The summed E-state index contributed by atoms with van der Waals surface area (Å²) < 4.78 is 0. The summed E-state index contributed by atoms with van der Waals surface area (Å²) in [4.78, 5) is 25.7. The minimum absolute atomic E-state index is 0.0534. The standard InChI is InChI=1S/C19H19N3O3/c1-11-4-5-12(2)18-16(11)9-14(19(23)21-18)10-20-17-7-6-15(22(24)25)8-13(17)3/h4-9,20H,10H2,1-3H3,(H,21,23). The van der Waals surface area contributed by atoms with Crippen LogP contribution in [0.4, 0.5) is 11.4 Å². The summed E-state index contributed by atoms with van der Waals surface area (Å²) in [5.41, 5.74) is 5.07. The molecule has 0 aliphatic carbocycles. The summed E-state index contributed by atoms with van der Waals surface area (Å²) in [6.07, 6.45) is 0. The number of benzene rings is 2. The van der Waals surface area contributed by atoms with Crippen molar-refractivity contribution in [3.63, 3.8) is 0 Å². The molecule has 0 radical (unpaired) electrons. The Balaban J connectivity index is 1.91. The second-order valence-electron chi connectivity index (χ2n) is 6.22. The van der Waals surface area contributed by atoms with Gasteiger partial charge < -0.3 is 10.3 Å². The van der Waals surface area contributed by atoms with Crippen molar-refractivity contribution in [3.8, 4) is 0 Å². The number of hydrogen-bond donors (Lipinski definition) is 2. The molecule has 2 N–H and O–H groups in total. The van der Waals surface area contributed by atoms with E-state index in [2.05, 4.69) is 10.3 Å². The highest BCUT2D eigenvalue weighted by atomic mass is 16.6. The van der Waals surface area contributed by atoms with Crippen LogP contribution in [-0.2, 0) is 6.54 Å². The van der Waals surface area contributed by atoms with Gasteiger partial charge in [0.1, 0.15) is 0 Å². The predicted octanol–water partition coefficient (Wildman–Crippen LogP) is 3.97. The number of nitrogens with zero attached hydrogens (tertiary/aromatic N) is 1. The number of non-ortho nitro benzene ring substituents is 1. The minimum Gasteiger partial charge on any atom is -0.381 e. The molecule has 25 heavy (non-hydrogen) atoms. The Morgan fingerprint density at radius 3 is 2.44 bits per heavy atom. The van der Waals surface area contributed by atoms with E-state index in [-0.39, 0.29) is 11.2 Å². The smallest absolute Gasteiger partial charge is 0.269 e. The molecule has 2 aromatic carbocycles. The van der Waals surface area contributed by atoms with Gasteiger partial charge in [-0.1, -0.05) is 12.1 Å². The molecular weight excluding hydrogens is 318 g/mol. The number of aryl methyl sites for hydroxylation is 3. The molecule has 0 spiro atoms. The van der Waals surface area contributed by atoms with Crippen molar-refractivity contribution >= 4 is 22.3 Å². The lowest BCUT2D eigenvalue weighted by molar-refractivity contribution is -0.384. The third kappa shape index (κ3) is 3.24. The highest BCUT2D eigenvalue weighted by Gasteiger charge is 2.10. The average Bonchev–Trinajstić information content (AvgIpc) is 2.57. The van der Waals surface area contributed by atoms with E-state index < -0.39 is 4.92 Å². The Morgan fingerprint density at radius 1 is 1.04 bits per heavy atom. The molecule has 0 saturated carbocycles. The molecule has 1 aromatic heterocycles. The van der Waals surface area contributed by atoms with E-state index in [0.717, 1.165) is 33.3 Å². The maximum absolute atomic E-state index is 12.4. The van der Waals surface area contributed by atoms with E-state index in [1.165, 1.54) is 12.1 Å². The fraction of sp³-hybridized carbons (Fsp3) is 0.211. The zero-order chi connectivity index (χ0) is 18.1. The van der Waals surface area contributed by atoms with E-state index in [4.69, 9.17) is 0 Å². The molecule has 6 heteroatoms. The Hall–Kier alpha value is -3.15. The van der Waals surface area contributed by atoms with Crippen molar-refractivity contribution in [2.24, 2.45) is 0 Å². The molecule has 0 saturated heterocycles. The van der Waals surface area contributed by atoms with Gasteiger partial charge in [0, 0.05) is 35.3 Å². The van der Waals surface area contributed by atoms with Gasteiger partial charge in [0.2, 0.25) is 0 Å². The van der Waals surface area contributed by atoms with E-state index in [1.54, 1.807) is 13.0 Å². The molecule has 0 aliphatic rings. The van der Waals surface area contributed by atoms with Crippen LogP contribution in [0.2, 0.25) is 0 Å². The first-order chi connectivity index (χ1) is 11.9. The van der Waals surface area contributed by atoms with Crippen LogP contribution in [0.1, 0.15) is 22.3 Å². The maximum atomic E-state index is 12.4. The van der Waals surface area contributed by atoms with Crippen LogP contribution in [0.5, 0.6) is 0 Å². The number of rotatable bonds is 4. The number of aromatic amines is 1. The van der Waals surface area contributed by atoms with Crippen LogP contribution >= 0.6 is 0 Å². The van der Waals surface area contributed by atoms with Gasteiger partial charge >= 0.3 is 0 Å². The number of pyridine rings is 1. The van der Waals surface area contributed by atoms with E-state index in [9.17, 15) is 14.9 Å². The normalized spacial score (nSPS) is 10.8. The Labute approximate surface area is 144 Å². The van der Waals surface area contributed by atoms with Crippen LogP contribution in [0.25, 0.3) is 10.9 Å². The van der Waals surface area contributed by atoms with Crippen molar-refractivity contribution in [1.82, 2.24) is 4.98 Å². The highest BCUT2D eigenvalue weighted by Crippen LogP contribution is 2.23. The minimum atomic E-state index is -0.421. The maximum Gasteiger partial charge on any atom is 0.269 e. The second-order valence-corrected chi connectivity index (χ2v) is 6.22. The monoisotopic (exact) mass is 337 g/mol. The SMILES string of the molecule is Cc1cc([N+](=O)[O-])ccc1NCc1cc2c(C)ccc(C)c2[nH]c1=O. The lowest BCUT2D eigenvalue weighted by Crippen LogP contribution is -2.16. The molecule has 0 fully saturated rings. The first-order valence-electron chi connectivity index (χ1n) is 7.98. The third-order valence-corrected chi connectivity index (χ3v) is 4.41. The lowest BCUT2D eigenvalue weighted by atomic mass is 10.0. The van der Waals surface area contributed by atoms with Crippen LogP contribution in [0.15, 0.2) is 41.2 Å². The number of nitro benzene ring substituents is 1.